The monoisotopic (exact) mass is 262 g/mol. The van der Waals surface area contributed by atoms with Crippen LogP contribution >= 0.6 is 0 Å². The zero-order valence-corrected chi connectivity index (χ0v) is 12.3. The van der Waals surface area contributed by atoms with Crippen molar-refractivity contribution in [3.05, 3.63) is 12.4 Å². The highest BCUT2D eigenvalue weighted by Gasteiger charge is 2.40. The number of aromatic nitrogens is 2. The highest BCUT2D eigenvalue weighted by atomic mass is 15.3. The van der Waals surface area contributed by atoms with Gasteiger partial charge in [0.25, 0.3) is 0 Å². The van der Waals surface area contributed by atoms with Crippen LogP contribution < -0.4 is 10.2 Å². The largest absolute Gasteiger partial charge is 0.363 e. The van der Waals surface area contributed by atoms with Gasteiger partial charge >= 0.3 is 0 Å². The lowest BCUT2D eigenvalue weighted by molar-refractivity contribution is 0.361. The van der Waals surface area contributed by atoms with Gasteiger partial charge in [-0.2, -0.15) is 5.10 Å². The molecule has 4 heteroatoms. The minimum absolute atomic E-state index is 0.450. The van der Waals surface area contributed by atoms with E-state index in [1.807, 2.05) is 0 Å². The van der Waals surface area contributed by atoms with Gasteiger partial charge in [0.05, 0.1) is 11.9 Å². The summed E-state index contributed by atoms with van der Waals surface area (Å²) in [5.74, 6) is 0. The molecule has 2 bridgehead atoms. The average molecular weight is 262 g/mol. The molecule has 2 fully saturated rings. The fourth-order valence-electron chi connectivity index (χ4n) is 3.80. The number of nitrogens with zero attached hydrogens (tertiary/aromatic N) is 3. The first kappa shape index (κ1) is 13.0. The third kappa shape index (κ3) is 2.38. The van der Waals surface area contributed by atoms with Crippen LogP contribution in [0.25, 0.3) is 0 Å². The topological polar surface area (TPSA) is 33.1 Å². The average Bonchev–Trinajstić information content (AvgIpc) is 2.93. The Morgan fingerprint density at radius 3 is 2.53 bits per heavy atom. The zero-order chi connectivity index (χ0) is 13.4. The Kier molecular flexibility index (Phi) is 3.52. The molecular weight excluding hydrogens is 236 g/mol. The van der Waals surface area contributed by atoms with Crippen LogP contribution in [0.3, 0.4) is 0 Å². The van der Waals surface area contributed by atoms with Gasteiger partial charge in [0.15, 0.2) is 0 Å². The number of rotatable bonds is 4. The van der Waals surface area contributed by atoms with E-state index >= 15 is 0 Å². The molecular formula is C15H26N4. The first-order valence-electron chi connectivity index (χ1n) is 7.75. The number of piperidine rings is 1. The van der Waals surface area contributed by atoms with Gasteiger partial charge in [-0.15, -0.1) is 0 Å². The molecule has 0 aliphatic carbocycles. The molecule has 2 aliphatic rings. The van der Waals surface area contributed by atoms with Crippen molar-refractivity contribution < 1.29 is 0 Å². The highest BCUT2D eigenvalue weighted by molar-refractivity contribution is 5.47. The van der Waals surface area contributed by atoms with E-state index in [4.69, 9.17) is 0 Å². The SMILES string of the molecule is CCNC1CC2CCC(C1)N2c1cnn(C(C)C)c1. The van der Waals surface area contributed by atoms with Crippen molar-refractivity contribution >= 4 is 5.69 Å². The normalized spacial score (nSPS) is 30.3. The fourth-order valence-corrected chi connectivity index (χ4v) is 3.80. The van der Waals surface area contributed by atoms with Gasteiger partial charge < -0.3 is 10.2 Å². The summed E-state index contributed by atoms with van der Waals surface area (Å²) in [6.07, 6.45) is 9.55. The molecule has 106 valence electrons. The standard InChI is InChI=1S/C15H26N4/c1-4-16-12-7-13-5-6-14(8-12)19(13)15-9-17-18(10-15)11(2)3/h9-14,16H,4-8H2,1-3H3. The minimum Gasteiger partial charge on any atom is -0.363 e. The Labute approximate surface area is 116 Å². The lowest BCUT2D eigenvalue weighted by Gasteiger charge is -2.40. The highest BCUT2D eigenvalue weighted by Crippen LogP contribution is 2.39. The molecule has 3 rings (SSSR count). The molecule has 4 nitrogen and oxygen atoms in total. The molecule has 2 aliphatic heterocycles. The number of nitrogens with one attached hydrogen (secondary N) is 1. The van der Waals surface area contributed by atoms with Crippen LogP contribution in [0.2, 0.25) is 0 Å². The maximum absolute atomic E-state index is 4.50. The van der Waals surface area contributed by atoms with E-state index < -0.39 is 0 Å². The molecule has 0 saturated carbocycles. The second-order valence-corrected chi connectivity index (χ2v) is 6.29. The smallest absolute Gasteiger partial charge is 0.0757 e. The second kappa shape index (κ2) is 5.16. The Bertz CT molecular complexity index is 412. The van der Waals surface area contributed by atoms with Crippen molar-refractivity contribution in [2.45, 2.75) is 70.6 Å². The van der Waals surface area contributed by atoms with Crippen LogP contribution in [0, 0.1) is 0 Å². The van der Waals surface area contributed by atoms with Crippen molar-refractivity contribution in [1.29, 1.82) is 0 Å². The molecule has 2 unspecified atom stereocenters. The molecule has 0 spiro atoms. The third-order valence-corrected chi connectivity index (χ3v) is 4.64. The van der Waals surface area contributed by atoms with E-state index in [1.54, 1.807) is 0 Å². The van der Waals surface area contributed by atoms with Gasteiger partial charge in [-0.05, 0) is 46.1 Å². The van der Waals surface area contributed by atoms with Crippen molar-refractivity contribution in [3.63, 3.8) is 0 Å². The molecule has 0 amide bonds. The lowest BCUT2D eigenvalue weighted by atomic mass is 9.97. The molecule has 3 heterocycles. The number of hydrogen-bond acceptors (Lipinski definition) is 3. The first-order valence-corrected chi connectivity index (χ1v) is 7.75. The summed E-state index contributed by atoms with van der Waals surface area (Å²) in [6.45, 7) is 7.67. The van der Waals surface area contributed by atoms with Crippen LogP contribution in [0.4, 0.5) is 5.69 Å². The molecule has 2 saturated heterocycles. The third-order valence-electron chi connectivity index (χ3n) is 4.64. The van der Waals surface area contributed by atoms with Gasteiger partial charge in [0.1, 0.15) is 0 Å². The predicted molar refractivity (Wildman–Crippen MR) is 78.6 cm³/mol. The van der Waals surface area contributed by atoms with E-state index in [-0.39, 0.29) is 0 Å². The van der Waals surface area contributed by atoms with E-state index in [1.165, 1.54) is 31.4 Å². The molecule has 1 N–H and O–H groups in total. The van der Waals surface area contributed by atoms with Crippen molar-refractivity contribution in [1.82, 2.24) is 15.1 Å². The van der Waals surface area contributed by atoms with Crippen LogP contribution in [-0.4, -0.2) is 34.5 Å². The summed E-state index contributed by atoms with van der Waals surface area (Å²) >= 11 is 0. The van der Waals surface area contributed by atoms with Crippen LogP contribution in [0.5, 0.6) is 0 Å². The van der Waals surface area contributed by atoms with Gasteiger partial charge in [0, 0.05) is 30.4 Å². The zero-order valence-electron chi connectivity index (χ0n) is 12.3. The Morgan fingerprint density at radius 1 is 1.32 bits per heavy atom. The molecule has 1 aromatic rings. The number of hydrogen-bond donors (Lipinski definition) is 1. The van der Waals surface area contributed by atoms with Gasteiger partial charge in [-0.1, -0.05) is 6.92 Å². The van der Waals surface area contributed by atoms with E-state index in [0.29, 0.717) is 18.1 Å². The van der Waals surface area contributed by atoms with Crippen molar-refractivity contribution in [2.75, 3.05) is 11.4 Å². The maximum atomic E-state index is 4.50. The summed E-state index contributed by atoms with van der Waals surface area (Å²) in [6, 6.07) is 2.60. The second-order valence-electron chi connectivity index (χ2n) is 6.29. The minimum atomic E-state index is 0.450. The molecule has 0 radical (unpaired) electrons. The van der Waals surface area contributed by atoms with Crippen LogP contribution in [0.15, 0.2) is 12.4 Å². The fraction of sp³-hybridized carbons (Fsp3) is 0.800. The quantitative estimate of drug-likeness (QED) is 0.905. The van der Waals surface area contributed by atoms with Crippen molar-refractivity contribution in [3.8, 4) is 0 Å². The van der Waals surface area contributed by atoms with Gasteiger partial charge in [-0.3, -0.25) is 4.68 Å². The number of fused-ring (bicyclic) bond motifs is 2. The van der Waals surface area contributed by atoms with Crippen LogP contribution in [-0.2, 0) is 0 Å². The molecule has 19 heavy (non-hydrogen) atoms. The van der Waals surface area contributed by atoms with Gasteiger partial charge in [-0.25, -0.2) is 0 Å². The van der Waals surface area contributed by atoms with Crippen LogP contribution in [0.1, 0.15) is 52.5 Å². The summed E-state index contributed by atoms with van der Waals surface area (Å²) in [5.41, 5.74) is 1.33. The Morgan fingerprint density at radius 2 is 2.00 bits per heavy atom. The molecule has 1 aromatic heterocycles. The molecule has 0 aromatic carbocycles. The summed E-state index contributed by atoms with van der Waals surface area (Å²) in [7, 11) is 0. The maximum Gasteiger partial charge on any atom is 0.0757 e. The summed E-state index contributed by atoms with van der Waals surface area (Å²) < 4.78 is 2.07. The van der Waals surface area contributed by atoms with Gasteiger partial charge in [0.2, 0.25) is 0 Å². The first-order chi connectivity index (χ1) is 9.19. The van der Waals surface area contributed by atoms with E-state index in [2.05, 4.69) is 53.2 Å². The number of anilines is 1. The summed E-state index contributed by atoms with van der Waals surface area (Å²) in [4.78, 5) is 2.64. The molecule has 2 atom stereocenters. The van der Waals surface area contributed by atoms with E-state index in [0.717, 1.165) is 12.6 Å². The lowest BCUT2D eigenvalue weighted by Crippen LogP contribution is -2.49. The Hall–Kier alpha value is -1.03. The van der Waals surface area contributed by atoms with E-state index in [9.17, 15) is 0 Å². The predicted octanol–water partition coefficient (Wildman–Crippen LogP) is 2.57. The Balaban J connectivity index is 1.75. The van der Waals surface area contributed by atoms with Crippen molar-refractivity contribution in [2.24, 2.45) is 0 Å². The summed E-state index contributed by atoms with van der Waals surface area (Å²) in [5, 5.41) is 8.14.